The third-order valence-electron chi connectivity index (χ3n) is 4.05. The molecule has 94 valence electrons. The van der Waals surface area contributed by atoms with Crippen LogP contribution in [0.25, 0.3) is 11.0 Å². The van der Waals surface area contributed by atoms with Crippen LogP contribution in [0, 0.1) is 0 Å². The standard InChI is InChI=1S/C17H14O2/c18-17(10-9-12-5-1-3-7-14(12)17)16-11-13-6-2-4-8-15(13)19-16/h1-8,11,18H,9-10H2. The summed E-state index contributed by atoms with van der Waals surface area (Å²) in [4.78, 5) is 0. The van der Waals surface area contributed by atoms with Gasteiger partial charge in [0, 0.05) is 5.39 Å². The number of furan rings is 1. The van der Waals surface area contributed by atoms with Gasteiger partial charge in [-0.3, -0.25) is 0 Å². The van der Waals surface area contributed by atoms with Crippen molar-refractivity contribution >= 4 is 11.0 Å². The summed E-state index contributed by atoms with van der Waals surface area (Å²) in [6.45, 7) is 0. The van der Waals surface area contributed by atoms with Crippen molar-refractivity contribution in [1.82, 2.24) is 0 Å². The molecule has 1 N–H and O–H groups in total. The second-order valence-corrected chi connectivity index (χ2v) is 5.17. The molecule has 0 radical (unpaired) electrons. The third-order valence-corrected chi connectivity index (χ3v) is 4.05. The Kier molecular flexibility index (Phi) is 2.12. The molecule has 4 rings (SSSR count). The van der Waals surface area contributed by atoms with Crippen molar-refractivity contribution in [2.45, 2.75) is 18.4 Å². The molecule has 0 aliphatic heterocycles. The molecule has 19 heavy (non-hydrogen) atoms. The van der Waals surface area contributed by atoms with Crippen LogP contribution in [-0.4, -0.2) is 5.11 Å². The fraction of sp³-hybridized carbons (Fsp3) is 0.176. The lowest BCUT2D eigenvalue weighted by Gasteiger charge is -2.21. The summed E-state index contributed by atoms with van der Waals surface area (Å²) in [5.74, 6) is 0.652. The minimum Gasteiger partial charge on any atom is -0.458 e. The molecule has 0 saturated carbocycles. The number of fused-ring (bicyclic) bond motifs is 2. The average Bonchev–Trinajstić information content (AvgIpc) is 3.02. The largest absolute Gasteiger partial charge is 0.458 e. The zero-order valence-electron chi connectivity index (χ0n) is 10.5. The highest BCUT2D eigenvalue weighted by molar-refractivity contribution is 5.78. The molecule has 2 nitrogen and oxygen atoms in total. The van der Waals surface area contributed by atoms with Crippen LogP contribution in [0.2, 0.25) is 0 Å². The van der Waals surface area contributed by atoms with Crippen molar-refractivity contribution in [2.24, 2.45) is 0 Å². The topological polar surface area (TPSA) is 33.4 Å². The first-order valence-electron chi connectivity index (χ1n) is 6.57. The maximum atomic E-state index is 11.0. The smallest absolute Gasteiger partial charge is 0.148 e. The Balaban J connectivity index is 1.92. The number of aryl methyl sites for hydroxylation is 1. The second kappa shape index (κ2) is 3.72. The first-order chi connectivity index (χ1) is 9.27. The first-order valence-corrected chi connectivity index (χ1v) is 6.57. The molecule has 0 spiro atoms. The summed E-state index contributed by atoms with van der Waals surface area (Å²) >= 11 is 0. The fourth-order valence-electron chi connectivity index (χ4n) is 3.03. The van der Waals surface area contributed by atoms with Gasteiger partial charge in [0.05, 0.1) is 0 Å². The zero-order chi connectivity index (χ0) is 12.9. The highest BCUT2D eigenvalue weighted by Gasteiger charge is 2.40. The molecule has 0 fully saturated rings. The van der Waals surface area contributed by atoms with Crippen LogP contribution in [0.4, 0.5) is 0 Å². The van der Waals surface area contributed by atoms with Crippen molar-refractivity contribution < 1.29 is 9.52 Å². The van der Waals surface area contributed by atoms with Crippen molar-refractivity contribution in [3.05, 3.63) is 71.5 Å². The molecule has 1 aromatic heterocycles. The van der Waals surface area contributed by atoms with Crippen molar-refractivity contribution in [3.8, 4) is 0 Å². The zero-order valence-corrected chi connectivity index (χ0v) is 10.5. The molecular formula is C17H14O2. The number of hydrogen-bond donors (Lipinski definition) is 1. The maximum Gasteiger partial charge on any atom is 0.148 e. The minimum absolute atomic E-state index is 0.652. The maximum absolute atomic E-state index is 11.0. The van der Waals surface area contributed by atoms with Crippen molar-refractivity contribution in [2.75, 3.05) is 0 Å². The Bertz CT molecular complexity index is 724. The van der Waals surface area contributed by atoms with Gasteiger partial charge >= 0.3 is 0 Å². The molecule has 1 heterocycles. The van der Waals surface area contributed by atoms with Crippen LogP contribution < -0.4 is 0 Å². The van der Waals surface area contributed by atoms with E-state index in [-0.39, 0.29) is 0 Å². The van der Waals surface area contributed by atoms with E-state index < -0.39 is 5.60 Å². The van der Waals surface area contributed by atoms with E-state index in [0.29, 0.717) is 12.2 Å². The summed E-state index contributed by atoms with van der Waals surface area (Å²) < 4.78 is 5.86. The lowest BCUT2D eigenvalue weighted by atomic mass is 9.93. The quantitative estimate of drug-likeness (QED) is 0.715. The summed E-state index contributed by atoms with van der Waals surface area (Å²) in [5, 5.41) is 12.1. The predicted octanol–water partition coefficient (Wildman–Crippen LogP) is 3.61. The molecule has 1 aliphatic carbocycles. The predicted molar refractivity (Wildman–Crippen MR) is 74.0 cm³/mol. The Morgan fingerprint density at radius 3 is 2.68 bits per heavy atom. The van der Waals surface area contributed by atoms with E-state index in [2.05, 4.69) is 6.07 Å². The van der Waals surface area contributed by atoms with Gasteiger partial charge in [0.1, 0.15) is 16.9 Å². The normalized spacial score (nSPS) is 21.7. The van der Waals surface area contributed by atoms with Crippen LogP contribution in [0.1, 0.15) is 23.3 Å². The van der Waals surface area contributed by atoms with Crippen molar-refractivity contribution in [1.29, 1.82) is 0 Å². The highest BCUT2D eigenvalue weighted by atomic mass is 16.4. The van der Waals surface area contributed by atoms with E-state index in [9.17, 15) is 5.11 Å². The Hall–Kier alpha value is -2.06. The third kappa shape index (κ3) is 1.47. The highest BCUT2D eigenvalue weighted by Crippen LogP contribution is 2.43. The molecule has 1 aliphatic rings. The van der Waals surface area contributed by atoms with Gasteiger partial charge in [-0.15, -0.1) is 0 Å². The van der Waals surface area contributed by atoms with Crippen LogP contribution >= 0.6 is 0 Å². The van der Waals surface area contributed by atoms with E-state index in [1.54, 1.807) is 0 Å². The molecule has 0 amide bonds. The molecule has 1 atom stereocenters. The Morgan fingerprint density at radius 1 is 1.00 bits per heavy atom. The SMILES string of the molecule is OC1(c2cc3ccccc3o2)CCc2ccccc21. The number of para-hydroxylation sites is 1. The van der Waals surface area contributed by atoms with Gasteiger partial charge in [-0.05, 0) is 36.1 Å². The lowest BCUT2D eigenvalue weighted by molar-refractivity contribution is 0.0605. The molecule has 2 heteroatoms. The average molecular weight is 250 g/mol. The Labute approximate surface area is 111 Å². The number of aliphatic hydroxyl groups is 1. The minimum atomic E-state index is -0.977. The Morgan fingerprint density at radius 2 is 1.79 bits per heavy atom. The molecule has 2 aromatic carbocycles. The molecular weight excluding hydrogens is 236 g/mol. The number of rotatable bonds is 1. The summed E-state index contributed by atoms with van der Waals surface area (Å²) in [7, 11) is 0. The summed E-state index contributed by atoms with van der Waals surface area (Å²) in [6.07, 6.45) is 1.58. The monoisotopic (exact) mass is 250 g/mol. The molecule has 3 aromatic rings. The van der Waals surface area contributed by atoms with Gasteiger partial charge in [-0.25, -0.2) is 0 Å². The molecule has 1 unspecified atom stereocenters. The van der Waals surface area contributed by atoms with Gasteiger partial charge in [0.25, 0.3) is 0 Å². The lowest BCUT2D eigenvalue weighted by Crippen LogP contribution is -2.22. The number of benzene rings is 2. The van der Waals surface area contributed by atoms with Crippen LogP contribution in [0.3, 0.4) is 0 Å². The van der Waals surface area contributed by atoms with Crippen molar-refractivity contribution in [3.63, 3.8) is 0 Å². The van der Waals surface area contributed by atoms with Crippen LogP contribution in [0.15, 0.2) is 59.0 Å². The van der Waals surface area contributed by atoms with E-state index in [4.69, 9.17) is 4.42 Å². The van der Waals surface area contributed by atoms with Gasteiger partial charge in [0.15, 0.2) is 0 Å². The van der Waals surface area contributed by atoms with Crippen LogP contribution in [0.5, 0.6) is 0 Å². The molecule has 0 saturated heterocycles. The van der Waals surface area contributed by atoms with Gasteiger partial charge in [0.2, 0.25) is 0 Å². The fourth-order valence-corrected chi connectivity index (χ4v) is 3.03. The van der Waals surface area contributed by atoms with Gasteiger partial charge < -0.3 is 9.52 Å². The molecule has 0 bridgehead atoms. The second-order valence-electron chi connectivity index (χ2n) is 5.17. The number of hydrogen-bond acceptors (Lipinski definition) is 2. The van der Waals surface area contributed by atoms with E-state index in [0.717, 1.165) is 23.0 Å². The summed E-state index contributed by atoms with van der Waals surface area (Å²) in [6, 6.07) is 17.9. The van der Waals surface area contributed by atoms with E-state index >= 15 is 0 Å². The van der Waals surface area contributed by atoms with Crippen LogP contribution in [-0.2, 0) is 12.0 Å². The van der Waals surface area contributed by atoms with Gasteiger partial charge in [-0.2, -0.15) is 0 Å². The first kappa shape index (κ1) is 10.8. The van der Waals surface area contributed by atoms with Gasteiger partial charge in [-0.1, -0.05) is 42.5 Å². The summed E-state index contributed by atoms with van der Waals surface area (Å²) in [5.41, 5.74) is 2.05. The van der Waals surface area contributed by atoms with E-state index in [1.807, 2.05) is 48.5 Å². The van der Waals surface area contributed by atoms with E-state index in [1.165, 1.54) is 5.56 Å².